The summed E-state index contributed by atoms with van der Waals surface area (Å²) in [6.07, 6.45) is 0.990. The molecule has 0 spiro atoms. The molecule has 0 saturated carbocycles. The molecule has 3 N–H and O–H groups in total. The normalized spacial score (nSPS) is 22.6. The molecule has 0 aromatic heterocycles. The highest BCUT2D eigenvalue weighted by atomic mass is 15.5. The number of hydrazine groups is 1. The van der Waals surface area contributed by atoms with Gasteiger partial charge >= 0.3 is 0 Å². The van der Waals surface area contributed by atoms with Gasteiger partial charge in [-0.05, 0) is 45.3 Å². The van der Waals surface area contributed by atoms with Crippen molar-refractivity contribution in [3.05, 3.63) is 47.3 Å². The van der Waals surface area contributed by atoms with Gasteiger partial charge in [0.05, 0.1) is 11.6 Å². The molecule has 98 valence electrons. The molecule has 0 aliphatic carbocycles. The quantitative estimate of drug-likeness (QED) is 0.747. The molecule has 1 aliphatic rings. The van der Waals surface area contributed by atoms with Crippen LogP contribution in [0.2, 0.25) is 0 Å². The van der Waals surface area contributed by atoms with Crippen LogP contribution in [-0.2, 0) is 0 Å². The van der Waals surface area contributed by atoms with Gasteiger partial charge in [-0.3, -0.25) is 5.01 Å². The Kier molecular flexibility index (Phi) is 3.35. The summed E-state index contributed by atoms with van der Waals surface area (Å²) in [5.74, 6) is 7.25. The topological polar surface area (TPSA) is 41.3 Å². The van der Waals surface area contributed by atoms with Crippen LogP contribution in [0.15, 0.2) is 41.7 Å². The van der Waals surface area contributed by atoms with E-state index >= 15 is 0 Å². The second kappa shape index (κ2) is 4.65. The van der Waals surface area contributed by atoms with Gasteiger partial charge in [-0.15, -0.1) is 0 Å². The van der Waals surface area contributed by atoms with E-state index in [0.717, 1.165) is 12.2 Å². The Hall–Kier alpha value is -1.48. The summed E-state index contributed by atoms with van der Waals surface area (Å²) in [5, 5.41) is 5.42. The highest BCUT2D eigenvalue weighted by molar-refractivity contribution is 5.24. The van der Waals surface area contributed by atoms with Crippen LogP contribution in [0.25, 0.3) is 0 Å². The molecule has 18 heavy (non-hydrogen) atoms. The number of benzene rings is 1. The second-order valence-electron chi connectivity index (χ2n) is 5.84. The monoisotopic (exact) mass is 245 g/mol. The van der Waals surface area contributed by atoms with Crippen molar-refractivity contribution >= 4 is 0 Å². The number of nitrogens with zero attached hydrogens (tertiary/aromatic N) is 1. The summed E-state index contributed by atoms with van der Waals surface area (Å²) in [5.41, 5.74) is 2.49. The Morgan fingerprint density at radius 3 is 2.44 bits per heavy atom. The summed E-state index contributed by atoms with van der Waals surface area (Å²) in [7, 11) is 0. The molecular formula is C15H23N3. The molecule has 0 bridgehead atoms. The van der Waals surface area contributed by atoms with E-state index in [9.17, 15) is 0 Å². The van der Waals surface area contributed by atoms with Gasteiger partial charge in [0.25, 0.3) is 0 Å². The highest BCUT2D eigenvalue weighted by Gasteiger charge is 2.36. The molecule has 3 heteroatoms. The van der Waals surface area contributed by atoms with Crippen molar-refractivity contribution in [3.63, 3.8) is 0 Å². The molecule has 1 fully saturated rings. The van der Waals surface area contributed by atoms with Crippen LogP contribution in [0.3, 0.4) is 0 Å². The number of hydrogen-bond donors (Lipinski definition) is 2. The molecule has 1 saturated heterocycles. The van der Waals surface area contributed by atoms with Crippen molar-refractivity contribution < 1.29 is 0 Å². The van der Waals surface area contributed by atoms with Gasteiger partial charge < -0.3 is 5.32 Å². The van der Waals surface area contributed by atoms with Crippen molar-refractivity contribution in [2.75, 3.05) is 0 Å². The summed E-state index contributed by atoms with van der Waals surface area (Å²) < 4.78 is 0. The fourth-order valence-electron chi connectivity index (χ4n) is 2.46. The fraction of sp³-hybridized carbons (Fsp3) is 0.467. The molecule has 1 unspecified atom stereocenters. The summed E-state index contributed by atoms with van der Waals surface area (Å²) in [4.78, 5) is 0. The van der Waals surface area contributed by atoms with E-state index < -0.39 is 0 Å². The standard InChI is InChI=1S/C15H23N3/c1-11(2)14-17-13(10-15(3,4)18(14)16)12-8-6-5-7-9-12/h5-9,13,17H,10,16H2,1-4H3. The third-order valence-corrected chi connectivity index (χ3v) is 3.58. The fourth-order valence-corrected chi connectivity index (χ4v) is 2.46. The van der Waals surface area contributed by atoms with Gasteiger partial charge in [0.15, 0.2) is 0 Å². The first-order valence-electron chi connectivity index (χ1n) is 6.46. The second-order valence-corrected chi connectivity index (χ2v) is 5.84. The van der Waals surface area contributed by atoms with Crippen LogP contribution in [0.1, 0.15) is 45.7 Å². The van der Waals surface area contributed by atoms with Crippen molar-refractivity contribution in [1.29, 1.82) is 0 Å². The Labute approximate surface area is 110 Å². The Morgan fingerprint density at radius 1 is 1.28 bits per heavy atom. The van der Waals surface area contributed by atoms with E-state index in [1.807, 2.05) is 5.01 Å². The van der Waals surface area contributed by atoms with Crippen LogP contribution in [0.4, 0.5) is 0 Å². The lowest BCUT2D eigenvalue weighted by molar-refractivity contribution is 0.0912. The maximum Gasteiger partial charge on any atom is 0.115 e. The molecule has 1 atom stereocenters. The molecule has 2 rings (SSSR count). The van der Waals surface area contributed by atoms with Crippen LogP contribution in [-0.4, -0.2) is 10.5 Å². The van der Waals surface area contributed by atoms with Gasteiger partial charge in [-0.25, -0.2) is 5.84 Å². The SMILES string of the molecule is CC(C)=C1NC(c2ccccc2)CC(C)(C)N1N. The average Bonchev–Trinajstić information content (AvgIpc) is 2.33. The Bertz CT molecular complexity index is 444. The lowest BCUT2D eigenvalue weighted by Crippen LogP contribution is -2.57. The third-order valence-electron chi connectivity index (χ3n) is 3.58. The molecule has 1 aromatic rings. The predicted octanol–water partition coefficient (Wildman–Crippen LogP) is 2.93. The summed E-state index contributed by atoms with van der Waals surface area (Å²) in [6, 6.07) is 10.9. The Balaban J connectivity index is 2.34. The first-order chi connectivity index (χ1) is 8.42. The largest absolute Gasteiger partial charge is 0.364 e. The minimum atomic E-state index is -0.0433. The number of rotatable bonds is 1. The molecule has 3 nitrogen and oxygen atoms in total. The van der Waals surface area contributed by atoms with Gasteiger partial charge in [0.1, 0.15) is 5.82 Å². The lowest BCUT2D eigenvalue weighted by Gasteiger charge is -2.47. The molecule has 1 aromatic carbocycles. The van der Waals surface area contributed by atoms with Crippen molar-refractivity contribution in [2.24, 2.45) is 5.84 Å². The van der Waals surface area contributed by atoms with Crippen molar-refractivity contribution in [1.82, 2.24) is 10.3 Å². The minimum absolute atomic E-state index is 0.0433. The maximum atomic E-state index is 6.21. The van der Waals surface area contributed by atoms with Gasteiger partial charge in [0.2, 0.25) is 0 Å². The molecule has 0 amide bonds. The molecular weight excluding hydrogens is 222 g/mol. The average molecular weight is 245 g/mol. The van der Waals surface area contributed by atoms with Crippen LogP contribution in [0, 0.1) is 0 Å². The summed E-state index contributed by atoms with van der Waals surface area (Å²) in [6.45, 7) is 8.55. The zero-order valence-corrected chi connectivity index (χ0v) is 11.7. The summed E-state index contributed by atoms with van der Waals surface area (Å²) >= 11 is 0. The van der Waals surface area contributed by atoms with Gasteiger partial charge in [0, 0.05) is 0 Å². The smallest absolute Gasteiger partial charge is 0.115 e. The number of hydrogen-bond acceptors (Lipinski definition) is 3. The van der Waals surface area contributed by atoms with Crippen molar-refractivity contribution in [3.8, 4) is 0 Å². The van der Waals surface area contributed by atoms with E-state index in [1.54, 1.807) is 0 Å². The maximum absolute atomic E-state index is 6.21. The predicted molar refractivity (Wildman–Crippen MR) is 75.4 cm³/mol. The van der Waals surface area contributed by atoms with E-state index in [2.05, 4.69) is 63.3 Å². The zero-order valence-electron chi connectivity index (χ0n) is 11.7. The van der Waals surface area contributed by atoms with Crippen molar-refractivity contribution in [2.45, 2.75) is 45.7 Å². The molecule has 1 aliphatic heterocycles. The van der Waals surface area contributed by atoms with Gasteiger partial charge in [-0.1, -0.05) is 30.3 Å². The van der Waals surface area contributed by atoms with Gasteiger partial charge in [-0.2, -0.15) is 0 Å². The lowest BCUT2D eigenvalue weighted by atomic mass is 9.88. The van der Waals surface area contributed by atoms with E-state index in [-0.39, 0.29) is 5.54 Å². The Morgan fingerprint density at radius 2 is 1.89 bits per heavy atom. The van der Waals surface area contributed by atoms with E-state index in [1.165, 1.54) is 11.1 Å². The van der Waals surface area contributed by atoms with Crippen LogP contribution < -0.4 is 11.2 Å². The van der Waals surface area contributed by atoms with E-state index in [4.69, 9.17) is 5.84 Å². The van der Waals surface area contributed by atoms with Crippen LogP contribution >= 0.6 is 0 Å². The van der Waals surface area contributed by atoms with Crippen LogP contribution in [0.5, 0.6) is 0 Å². The number of allylic oxidation sites excluding steroid dienone is 1. The van der Waals surface area contributed by atoms with E-state index in [0.29, 0.717) is 6.04 Å². The molecule has 1 heterocycles. The first kappa shape index (κ1) is 13.0. The number of nitrogens with one attached hydrogen (secondary N) is 1. The number of nitrogens with two attached hydrogens (primary N) is 1. The third kappa shape index (κ3) is 2.36. The minimum Gasteiger partial charge on any atom is -0.364 e. The molecule has 0 radical (unpaired) electrons. The zero-order chi connectivity index (χ0) is 13.3. The highest BCUT2D eigenvalue weighted by Crippen LogP contribution is 2.34. The first-order valence-corrected chi connectivity index (χ1v) is 6.46.